The van der Waals surface area contributed by atoms with Gasteiger partial charge < -0.3 is 39.0 Å². The average molecular weight is 601 g/mol. The molecule has 0 radical (unpaired) electrons. The van der Waals surface area contributed by atoms with Crippen molar-refractivity contribution in [3.8, 4) is 0 Å². The molecule has 43 heavy (non-hydrogen) atoms. The molecule has 2 aliphatic heterocycles. The minimum atomic E-state index is -2.69. The molecule has 12 heteroatoms. The highest BCUT2D eigenvalue weighted by molar-refractivity contribution is 5.92. The quantitative estimate of drug-likeness (QED) is 0.249. The van der Waals surface area contributed by atoms with Crippen molar-refractivity contribution in [3.05, 3.63) is 47.0 Å². The summed E-state index contributed by atoms with van der Waals surface area (Å²) in [5.41, 5.74) is -9.03. The molecule has 2 saturated heterocycles. The number of aliphatic hydroxyl groups excluding tert-OH is 2. The van der Waals surface area contributed by atoms with Gasteiger partial charge in [0.25, 0.3) is 0 Å². The second-order valence-electron chi connectivity index (χ2n) is 12.9. The Morgan fingerprint density at radius 2 is 1.74 bits per heavy atom. The van der Waals surface area contributed by atoms with E-state index in [0.717, 1.165) is 6.92 Å². The Labute approximate surface area is 247 Å². The van der Waals surface area contributed by atoms with Crippen LogP contribution >= 0.6 is 0 Å². The van der Waals surface area contributed by atoms with E-state index in [2.05, 4.69) is 0 Å². The summed E-state index contributed by atoms with van der Waals surface area (Å²) in [6.45, 7) is 6.15. The fourth-order valence-corrected chi connectivity index (χ4v) is 8.88. The van der Waals surface area contributed by atoms with Crippen LogP contribution < -0.4 is 0 Å². The van der Waals surface area contributed by atoms with Gasteiger partial charge in [-0.05, 0) is 50.5 Å². The van der Waals surface area contributed by atoms with Gasteiger partial charge >= 0.3 is 23.9 Å². The van der Waals surface area contributed by atoms with Crippen molar-refractivity contribution >= 4 is 23.9 Å². The van der Waals surface area contributed by atoms with Crippen LogP contribution in [0.15, 0.2) is 41.5 Å². The number of rotatable bonds is 5. The van der Waals surface area contributed by atoms with Crippen LogP contribution in [0.3, 0.4) is 0 Å². The number of ether oxygens (including phenoxy) is 5. The van der Waals surface area contributed by atoms with E-state index in [-0.39, 0.29) is 36.2 Å². The first-order valence-corrected chi connectivity index (χ1v) is 14.3. The zero-order valence-corrected chi connectivity index (χ0v) is 24.6. The molecule has 0 unspecified atom stereocenters. The van der Waals surface area contributed by atoms with E-state index in [1.807, 2.05) is 0 Å². The lowest BCUT2D eigenvalue weighted by molar-refractivity contribution is -0.388. The second kappa shape index (κ2) is 9.34. The van der Waals surface area contributed by atoms with Gasteiger partial charge in [-0.2, -0.15) is 0 Å². The maximum atomic E-state index is 14.2. The van der Waals surface area contributed by atoms with Crippen LogP contribution in [0.5, 0.6) is 0 Å². The van der Waals surface area contributed by atoms with Crippen LogP contribution in [0, 0.1) is 16.7 Å². The number of fused-ring (bicyclic) bond motifs is 4. The van der Waals surface area contributed by atoms with Gasteiger partial charge in [0, 0.05) is 20.3 Å². The Bertz CT molecular complexity index is 1440. The molecule has 2 heterocycles. The van der Waals surface area contributed by atoms with Gasteiger partial charge in [0.2, 0.25) is 0 Å². The summed E-state index contributed by atoms with van der Waals surface area (Å²) >= 11 is 0. The molecule has 12 nitrogen and oxygen atoms in total. The second-order valence-corrected chi connectivity index (χ2v) is 12.9. The number of carbonyl (C=O) groups is 4. The molecule has 0 amide bonds. The lowest BCUT2D eigenvalue weighted by Crippen LogP contribution is -2.89. The van der Waals surface area contributed by atoms with Crippen molar-refractivity contribution in [1.29, 1.82) is 0 Å². The summed E-state index contributed by atoms with van der Waals surface area (Å²) in [6.07, 6.45) is -5.44. The first-order chi connectivity index (χ1) is 20.1. The monoisotopic (exact) mass is 600 g/mol. The van der Waals surface area contributed by atoms with E-state index < -0.39 is 88.5 Å². The summed E-state index contributed by atoms with van der Waals surface area (Å²) in [7, 11) is 0. The highest BCUT2D eigenvalue weighted by atomic mass is 16.6. The Morgan fingerprint density at radius 3 is 2.33 bits per heavy atom. The standard InChI is InChI=1S/C31H36O12/c1-15-19(34)12-28-22(15)31(38,26(37)43-27(28,4)5)29(13-39-16(2)32)20(35)11-21-30(14-40-21,42-17(3)33)23(29)24(28)41-25(36)18-9-7-6-8-10-18/h6-10,19-21,23-24,34-35,38H,11-14H2,1-5H3/t19-,20-,21+,23+,24-,28-,29+,30+,31+/m0/s1. The van der Waals surface area contributed by atoms with Crippen LogP contribution in [-0.2, 0) is 38.1 Å². The molecule has 4 fully saturated rings. The molecular formula is C31H36O12. The van der Waals surface area contributed by atoms with Crippen LogP contribution in [-0.4, -0.2) is 93.6 Å². The Balaban J connectivity index is 1.71. The third-order valence-electron chi connectivity index (χ3n) is 10.7. The Morgan fingerprint density at radius 1 is 1.07 bits per heavy atom. The van der Waals surface area contributed by atoms with Crippen LogP contribution in [0.4, 0.5) is 0 Å². The summed E-state index contributed by atoms with van der Waals surface area (Å²) in [6, 6.07) is 8.14. The minimum absolute atomic E-state index is 0.0405. The molecule has 2 saturated carbocycles. The molecule has 1 aromatic carbocycles. The molecule has 0 aromatic heterocycles. The van der Waals surface area contributed by atoms with E-state index in [1.54, 1.807) is 51.1 Å². The third-order valence-corrected chi connectivity index (χ3v) is 10.7. The largest absolute Gasteiger partial charge is 0.465 e. The summed E-state index contributed by atoms with van der Waals surface area (Å²) in [5.74, 6) is -4.74. The average Bonchev–Trinajstić information content (AvgIpc) is 3.21. The van der Waals surface area contributed by atoms with Crippen molar-refractivity contribution in [2.24, 2.45) is 16.7 Å². The molecule has 0 spiro atoms. The van der Waals surface area contributed by atoms with Gasteiger partial charge in [-0.3, -0.25) is 9.59 Å². The van der Waals surface area contributed by atoms with Crippen molar-refractivity contribution in [2.45, 2.75) is 88.7 Å². The number of benzene rings is 1. The van der Waals surface area contributed by atoms with E-state index in [1.165, 1.54) is 6.92 Å². The lowest BCUT2D eigenvalue weighted by atomic mass is 9.37. The summed E-state index contributed by atoms with van der Waals surface area (Å²) in [4.78, 5) is 53.0. The topological polar surface area (TPSA) is 175 Å². The number of esters is 4. The van der Waals surface area contributed by atoms with Crippen molar-refractivity contribution in [2.75, 3.05) is 13.2 Å². The normalized spacial score (nSPS) is 42.0. The molecule has 9 atom stereocenters. The molecule has 2 bridgehead atoms. The molecule has 3 aliphatic carbocycles. The van der Waals surface area contributed by atoms with Crippen LogP contribution in [0.25, 0.3) is 0 Å². The number of hydrogen-bond donors (Lipinski definition) is 3. The van der Waals surface area contributed by atoms with Crippen LogP contribution in [0.2, 0.25) is 0 Å². The third kappa shape index (κ3) is 3.51. The molecule has 1 aromatic rings. The van der Waals surface area contributed by atoms with Gasteiger partial charge in [-0.1, -0.05) is 18.2 Å². The van der Waals surface area contributed by atoms with Gasteiger partial charge in [0.1, 0.15) is 24.4 Å². The Kier molecular flexibility index (Phi) is 6.46. The number of hydrogen-bond acceptors (Lipinski definition) is 12. The minimum Gasteiger partial charge on any atom is -0.465 e. The molecule has 6 rings (SSSR count). The van der Waals surface area contributed by atoms with E-state index in [0.29, 0.717) is 0 Å². The maximum absolute atomic E-state index is 14.2. The van der Waals surface area contributed by atoms with Gasteiger partial charge in [0.15, 0.2) is 11.2 Å². The van der Waals surface area contributed by atoms with E-state index >= 15 is 0 Å². The Hall–Kier alpha value is -3.32. The van der Waals surface area contributed by atoms with Crippen LogP contribution in [0.1, 0.15) is 57.8 Å². The zero-order valence-electron chi connectivity index (χ0n) is 24.6. The van der Waals surface area contributed by atoms with Crippen molar-refractivity contribution < 1.29 is 58.2 Å². The molecule has 5 aliphatic rings. The van der Waals surface area contributed by atoms with E-state index in [9.17, 15) is 34.5 Å². The fraction of sp³-hybridized carbons (Fsp3) is 0.613. The summed E-state index contributed by atoms with van der Waals surface area (Å²) < 4.78 is 29.7. The maximum Gasteiger partial charge on any atom is 0.343 e. The predicted molar refractivity (Wildman–Crippen MR) is 144 cm³/mol. The number of cyclic esters (lactones) is 1. The highest BCUT2D eigenvalue weighted by Crippen LogP contribution is 2.75. The first-order valence-electron chi connectivity index (χ1n) is 14.3. The predicted octanol–water partition coefficient (Wildman–Crippen LogP) is 0.991. The van der Waals surface area contributed by atoms with Gasteiger partial charge in [-0.15, -0.1) is 0 Å². The summed E-state index contributed by atoms with van der Waals surface area (Å²) in [5, 5.41) is 36.3. The molecular weight excluding hydrogens is 564 g/mol. The van der Waals surface area contributed by atoms with Crippen molar-refractivity contribution in [3.63, 3.8) is 0 Å². The van der Waals surface area contributed by atoms with Gasteiger partial charge in [-0.25, -0.2) is 9.59 Å². The smallest absolute Gasteiger partial charge is 0.343 e. The number of aliphatic hydroxyl groups is 3. The van der Waals surface area contributed by atoms with E-state index in [4.69, 9.17) is 23.7 Å². The first kappa shape index (κ1) is 29.7. The SMILES string of the molecule is CC(=O)OC[C@@]12[C@@H](O)C[C@H]3OC[C@]3(OC(C)=O)[C@@H]1[C@H](OC(=O)c1ccccc1)[C@]13C[C@H](O)C(C)=C1[C@@]2(O)C(=O)OC3(C)C. The number of carbonyl (C=O) groups excluding carboxylic acids is 4. The zero-order chi connectivity index (χ0) is 31.3. The molecule has 3 N–H and O–H groups in total. The fourth-order valence-electron chi connectivity index (χ4n) is 8.88. The highest BCUT2D eigenvalue weighted by Gasteiger charge is 2.89. The van der Waals surface area contributed by atoms with Crippen molar-refractivity contribution in [1.82, 2.24) is 0 Å². The lowest BCUT2D eigenvalue weighted by Gasteiger charge is -2.74. The van der Waals surface area contributed by atoms with Gasteiger partial charge in [0.05, 0.1) is 41.1 Å². The molecule has 232 valence electrons.